The predicted molar refractivity (Wildman–Crippen MR) is 90.5 cm³/mol. The third-order valence-electron chi connectivity index (χ3n) is 3.31. The molecular formula is C15H14INO7. The molecule has 1 aliphatic rings. The van der Waals surface area contributed by atoms with Crippen LogP contribution in [0.1, 0.15) is 10.4 Å². The normalized spacial score (nSPS) is 14.4. The lowest BCUT2D eigenvalue weighted by molar-refractivity contribution is -0.140. The number of benzene rings is 1. The van der Waals surface area contributed by atoms with E-state index in [4.69, 9.17) is 9.47 Å². The van der Waals surface area contributed by atoms with Gasteiger partial charge in [-0.3, -0.25) is 0 Å². The van der Waals surface area contributed by atoms with Gasteiger partial charge in [0.15, 0.2) is 0 Å². The van der Waals surface area contributed by atoms with E-state index >= 15 is 0 Å². The number of ether oxygens (including phenoxy) is 3. The molecular weight excluding hydrogens is 433 g/mol. The van der Waals surface area contributed by atoms with E-state index in [1.165, 1.54) is 31.3 Å². The Bertz CT molecular complexity index is 729. The number of carboxylic acid groups (broad SMARTS) is 1. The van der Waals surface area contributed by atoms with Crippen molar-refractivity contribution in [1.29, 1.82) is 0 Å². The zero-order chi connectivity index (χ0) is 17.9. The van der Waals surface area contributed by atoms with Crippen molar-refractivity contribution in [2.75, 3.05) is 32.5 Å². The van der Waals surface area contributed by atoms with E-state index in [0.717, 1.165) is 0 Å². The topological polar surface area (TPSA) is 102 Å². The molecule has 0 fully saturated rings. The van der Waals surface area contributed by atoms with Crippen molar-refractivity contribution in [3.8, 4) is 0 Å². The SMILES string of the molecule is COC(=O)C1=C(C(=O)OC)N(c2ccc(I)cc2C(=O)O)COC1. The second-order valence-corrected chi connectivity index (χ2v) is 5.93. The minimum atomic E-state index is -1.17. The molecule has 0 unspecified atom stereocenters. The Morgan fingerprint density at radius 1 is 1.21 bits per heavy atom. The van der Waals surface area contributed by atoms with Gasteiger partial charge in [0.05, 0.1) is 37.7 Å². The van der Waals surface area contributed by atoms with E-state index in [-0.39, 0.29) is 35.9 Å². The third-order valence-corrected chi connectivity index (χ3v) is 3.98. The number of esters is 2. The molecule has 0 atom stereocenters. The van der Waals surface area contributed by atoms with Crippen molar-refractivity contribution in [2.45, 2.75) is 0 Å². The van der Waals surface area contributed by atoms with Crippen LogP contribution in [0.3, 0.4) is 0 Å². The van der Waals surface area contributed by atoms with E-state index in [0.29, 0.717) is 3.57 Å². The van der Waals surface area contributed by atoms with Crippen LogP contribution in [-0.4, -0.2) is 50.6 Å². The molecule has 0 spiro atoms. The average molecular weight is 447 g/mol. The Kier molecular flexibility index (Phi) is 5.78. The molecule has 0 radical (unpaired) electrons. The van der Waals surface area contributed by atoms with Gasteiger partial charge in [0.1, 0.15) is 12.4 Å². The summed E-state index contributed by atoms with van der Waals surface area (Å²) in [6.07, 6.45) is 0. The zero-order valence-corrected chi connectivity index (χ0v) is 15.0. The van der Waals surface area contributed by atoms with E-state index in [9.17, 15) is 19.5 Å². The van der Waals surface area contributed by atoms with Crippen LogP contribution >= 0.6 is 22.6 Å². The van der Waals surface area contributed by atoms with Gasteiger partial charge >= 0.3 is 17.9 Å². The predicted octanol–water partition coefficient (Wildman–Crippen LogP) is 1.38. The van der Waals surface area contributed by atoms with Crippen molar-refractivity contribution in [1.82, 2.24) is 0 Å². The third kappa shape index (κ3) is 3.51. The quantitative estimate of drug-likeness (QED) is 0.546. The highest BCUT2D eigenvalue weighted by molar-refractivity contribution is 14.1. The van der Waals surface area contributed by atoms with Gasteiger partial charge in [-0.2, -0.15) is 0 Å². The van der Waals surface area contributed by atoms with Gasteiger partial charge in [0.25, 0.3) is 0 Å². The molecule has 1 aliphatic heterocycles. The lowest BCUT2D eigenvalue weighted by Gasteiger charge is -2.32. The van der Waals surface area contributed by atoms with Crippen molar-refractivity contribution >= 4 is 46.2 Å². The van der Waals surface area contributed by atoms with Crippen LogP contribution < -0.4 is 4.90 Å². The summed E-state index contributed by atoms with van der Waals surface area (Å²) in [4.78, 5) is 37.0. The number of rotatable bonds is 4. The van der Waals surface area contributed by atoms with Gasteiger partial charge in [-0.05, 0) is 40.8 Å². The maximum absolute atomic E-state index is 12.2. The van der Waals surface area contributed by atoms with Crippen molar-refractivity contribution in [3.05, 3.63) is 38.6 Å². The minimum absolute atomic E-state index is 0.0296. The number of anilines is 1. The molecule has 24 heavy (non-hydrogen) atoms. The van der Waals surface area contributed by atoms with Gasteiger partial charge in [-0.15, -0.1) is 0 Å². The molecule has 1 heterocycles. The Balaban J connectivity index is 2.66. The summed E-state index contributed by atoms with van der Waals surface area (Å²) < 4.78 is 15.4. The molecule has 1 aromatic carbocycles. The summed E-state index contributed by atoms with van der Waals surface area (Å²) in [5.41, 5.74) is 0.0484. The zero-order valence-electron chi connectivity index (χ0n) is 12.9. The molecule has 0 amide bonds. The Morgan fingerprint density at radius 3 is 2.46 bits per heavy atom. The first-order valence-corrected chi connectivity index (χ1v) is 7.76. The number of carbonyl (C=O) groups excluding carboxylic acids is 2. The minimum Gasteiger partial charge on any atom is -0.478 e. The monoisotopic (exact) mass is 447 g/mol. The molecule has 8 nitrogen and oxygen atoms in total. The highest BCUT2D eigenvalue weighted by Crippen LogP contribution is 2.30. The molecule has 1 N–H and O–H groups in total. The van der Waals surface area contributed by atoms with Crippen LogP contribution in [0.2, 0.25) is 0 Å². The molecule has 9 heteroatoms. The fraction of sp³-hybridized carbons (Fsp3) is 0.267. The first-order chi connectivity index (χ1) is 11.4. The number of aromatic carboxylic acids is 1. The van der Waals surface area contributed by atoms with Gasteiger partial charge < -0.3 is 24.2 Å². The number of hydrogen-bond acceptors (Lipinski definition) is 7. The fourth-order valence-electron chi connectivity index (χ4n) is 2.25. The molecule has 0 saturated heterocycles. The maximum Gasteiger partial charge on any atom is 0.355 e. The summed E-state index contributed by atoms with van der Waals surface area (Å²) in [5, 5.41) is 9.43. The Morgan fingerprint density at radius 2 is 1.88 bits per heavy atom. The summed E-state index contributed by atoms with van der Waals surface area (Å²) >= 11 is 1.98. The molecule has 0 saturated carbocycles. The Labute approximate surface area is 151 Å². The number of methoxy groups -OCH3 is 2. The van der Waals surface area contributed by atoms with Crippen molar-refractivity contribution in [2.24, 2.45) is 0 Å². The first kappa shape index (κ1) is 18.2. The van der Waals surface area contributed by atoms with E-state index in [1.807, 2.05) is 22.6 Å². The lowest BCUT2D eigenvalue weighted by Crippen LogP contribution is -2.39. The summed E-state index contributed by atoms with van der Waals surface area (Å²) in [7, 11) is 2.35. The van der Waals surface area contributed by atoms with Crippen LogP contribution in [0.25, 0.3) is 0 Å². The lowest BCUT2D eigenvalue weighted by atomic mass is 10.1. The maximum atomic E-state index is 12.2. The number of nitrogens with zero attached hydrogens (tertiary/aromatic N) is 1. The highest BCUT2D eigenvalue weighted by atomic mass is 127. The molecule has 2 rings (SSSR count). The Hall–Kier alpha value is -2.14. The first-order valence-electron chi connectivity index (χ1n) is 6.68. The standard InChI is InChI=1S/C15H14INO7/c1-22-14(20)10-6-24-7-17(12(10)15(21)23-2)11-4-3-8(16)5-9(11)13(18)19/h3-5H,6-7H2,1-2H3,(H,18,19). The number of carbonyl (C=O) groups is 3. The molecule has 1 aromatic rings. The number of carboxylic acids is 1. The second-order valence-electron chi connectivity index (χ2n) is 4.68. The van der Waals surface area contributed by atoms with Crippen molar-refractivity contribution < 1.29 is 33.7 Å². The van der Waals surface area contributed by atoms with E-state index in [1.54, 1.807) is 6.07 Å². The molecule has 128 valence electrons. The van der Waals surface area contributed by atoms with Crippen LogP contribution in [0, 0.1) is 3.57 Å². The van der Waals surface area contributed by atoms with Crippen molar-refractivity contribution in [3.63, 3.8) is 0 Å². The molecule has 0 aliphatic carbocycles. The molecule has 0 aromatic heterocycles. The summed E-state index contributed by atoms with van der Waals surface area (Å²) in [6, 6.07) is 4.68. The summed E-state index contributed by atoms with van der Waals surface area (Å²) in [5.74, 6) is -2.70. The second kappa shape index (κ2) is 7.62. The largest absolute Gasteiger partial charge is 0.478 e. The number of hydrogen-bond donors (Lipinski definition) is 1. The van der Waals surface area contributed by atoms with Gasteiger partial charge in [-0.1, -0.05) is 0 Å². The van der Waals surface area contributed by atoms with Crippen LogP contribution in [0.5, 0.6) is 0 Å². The van der Waals surface area contributed by atoms with Crippen LogP contribution in [0.15, 0.2) is 29.5 Å². The van der Waals surface area contributed by atoms with Gasteiger partial charge in [-0.25, -0.2) is 14.4 Å². The molecule has 0 bridgehead atoms. The van der Waals surface area contributed by atoms with Gasteiger partial charge in [0, 0.05) is 3.57 Å². The van der Waals surface area contributed by atoms with Crippen LogP contribution in [-0.2, 0) is 23.8 Å². The number of halogens is 1. The average Bonchev–Trinajstić information content (AvgIpc) is 2.59. The van der Waals surface area contributed by atoms with Crippen LogP contribution in [0.4, 0.5) is 5.69 Å². The van der Waals surface area contributed by atoms with E-state index < -0.39 is 17.9 Å². The smallest absolute Gasteiger partial charge is 0.355 e. The van der Waals surface area contributed by atoms with Gasteiger partial charge in [0.2, 0.25) is 0 Å². The summed E-state index contributed by atoms with van der Waals surface area (Å²) in [6.45, 7) is -0.244. The fourth-order valence-corrected chi connectivity index (χ4v) is 2.74. The van der Waals surface area contributed by atoms with E-state index in [2.05, 4.69) is 4.74 Å². The highest BCUT2D eigenvalue weighted by Gasteiger charge is 2.34.